The Hall–Kier alpha value is -1.22. The van der Waals surface area contributed by atoms with E-state index in [1.54, 1.807) is 13.2 Å². The summed E-state index contributed by atoms with van der Waals surface area (Å²) in [6, 6.07) is 11.8. The molecular weight excluding hydrogens is 305 g/mol. The molecule has 2 aromatic carbocycles. The number of methoxy groups -OCH3 is 1. The van der Waals surface area contributed by atoms with Crippen LogP contribution in [0.4, 0.5) is 0 Å². The Morgan fingerprint density at radius 3 is 2.57 bits per heavy atom. The summed E-state index contributed by atoms with van der Waals surface area (Å²) in [7, 11) is 1.70. The number of rotatable bonds is 6. The molecule has 4 heteroatoms. The van der Waals surface area contributed by atoms with Gasteiger partial charge in [-0.15, -0.1) is 0 Å². The maximum atomic E-state index is 6.16. The van der Waals surface area contributed by atoms with Crippen molar-refractivity contribution < 1.29 is 4.74 Å². The summed E-state index contributed by atoms with van der Waals surface area (Å²) in [5.41, 5.74) is 3.50. The normalized spacial score (nSPS) is 10.7. The van der Waals surface area contributed by atoms with Crippen LogP contribution >= 0.6 is 23.2 Å². The average molecular weight is 324 g/mol. The highest BCUT2D eigenvalue weighted by atomic mass is 35.5. The number of hydrogen-bond acceptors (Lipinski definition) is 2. The topological polar surface area (TPSA) is 21.3 Å². The van der Waals surface area contributed by atoms with Crippen LogP contribution in [0.1, 0.15) is 16.7 Å². The molecule has 112 valence electrons. The van der Waals surface area contributed by atoms with Crippen molar-refractivity contribution in [3.05, 3.63) is 63.1 Å². The maximum Gasteiger partial charge on any atom is 0.123 e. The molecule has 0 atom stereocenters. The van der Waals surface area contributed by atoms with E-state index >= 15 is 0 Å². The Labute approximate surface area is 136 Å². The monoisotopic (exact) mass is 323 g/mol. The van der Waals surface area contributed by atoms with Gasteiger partial charge in [0.25, 0.3) is 0 Å². The molecule has 0 saturated carbocycles. The standard InChI is InChI=1S/C17H19Cl2NO/c1-12-3-6-17(21-2)14(9-12)11-20-8-7-13-4-5-15(18)10-16(13)19/h3-6,9-10,20H,7-8,11H2,1-2H3. The van der Waals surface area contributed by atoms with Crippen LogP contribution in [-0.2, 0) is 13.0 Å². The van der Waals surface area contributed by atoms with Crippen molar-refractivity contribution in [3.8, 4) is 5.75 Å². The van der Waals surface area contributed by atoms with Crippen LogP contribution in [0.2, 0.25) is 10.0 Å². The van der Waals surface area contributed by atoms with Gasteiger partial charge in [-0.1, -0.05) is 47.0 Å². The van der Waals surface area contributed by atoms with E-state index in [0.717, 1.165) is 35.8 Å². The molecule has 2 rings (SSSR count). The van der Waals surface area contributed by atoms with E-state index < -0.39 is 0 Å². The number of ether oxygens (including phenoxy) is 1. The molecule has 0 radical (unpaired) electrons. The quantitative estimate of drug-likeness (QED) is 0.782. The summed E-state index contributed by atoms with van der Waals surface area (Å²) in [4.78, 5) is 0. The van der Waals surface area contributed by atoms with Crippen molar-refractivity contribution in [2.45, 2.75) is 19.9 Å². The Bertz CT molecular complexity index is 614. The van der Waals surface area contributed by atoms with E-state index in [1.807, 2.05) is 18.2 Å². The van der Waals surface area contributed by atoms with Gasteiger partial charge in [-0.05, 0) is 43.7 Å². The zero-order chi connectivity index (χ0) is 15.2. The molecular formula is C17H19Cl2NO. The van der Waals surface area contributed by atoms with Gasteiger partial charge in [0.15, 0.2) is 0 Å². The summed E-state index contributed by atoms with van der Waals surface area (Å²) in [5, 5.41) is 4.81. The highest BCUT2D eigenvalue weighted by Crippen LogP contribution is 2.22. The summed E-state index contributed by atoms with van der Waals surface area (Å²) >= 11 is 12.1. The fourth-order valence-electron chi connectivity index (χ4n) is 2.22. The van der Waals surface area contributed by atoms with Crippen molar-refractivity contribution in [3.63, 3.8) is 0 Å². The van der Waals surface area contributed by atoms with Crippen molar-refractivity contribution in [1.29, 1.82) is 0 Å². The van der Waals surface area contributed by atoms with Gasteiger partial charge >= 0.3 is 0 Å². The minimum absolute atomic E-state index is 0.668. The highest BCUT2D eigenvalue weighted by molar-refractivity contribution is 6.35. The van der Waals surface area contributed by atoms with Crippen molar-refractivity contribution >= 4 is 23.2 Å². The molecule has 0 aliphatic rings. The Balaban J connectivity index is 1.88. The molecule has 2 nitrogen and oxygen atoms in total. The molecule has 0 aliphatic carbocycles. The van der Waals surface area contributed by atoms with Crippen LogP contribution in [-0.4, -0.2) is 13.7 Å². The van der Waals surface area contributed by atoms with E-state index in [-0.39, 0.29) is 0 Å². The Kier molecular flexibility index (Phi) is 5.92. The molecule has 21 heavy (non-hydrogen) atoms. The zero-order valence-electron chi connectivity index (χ0n) is 12.2. The average Bonchev–Trinajstić information content (AvgIpc) is 2.45. The molecule has 0 heterocycles. The Morgan fingerprint density at radius 2 is 1.86 bits per heavy atom. The molecule has 0 amide bonds. The number of benzene rings is 2. The fraction of sp³-hybridized carbons (Fsp3) is 0.294. The van der Waals surface area contributed by atoms with Gasteiger partial charge in [0, 0.05) is 22.2 Å². The smallest absolute Gasteiger partial charge is 0.123 e. The third-order valence-corrected chi connectivity index (χ3v) is 3.92. The van der Waals surface area contributed by atoms with Gasteiger partial charge in [-0.2, -0.15) is 0 Å². The van der Waals surface area contributed by atoms with Crippen molar-refractivity contribution in [1.82, 2.24) is 5.32 Å². The zero-order valence-corrected chi connectivity index (χ0v) is 13.8. The van der Waals surface area contributed by atoms with Gasteiger partial charge in [0.05, 0.1) is 7.11 Å². The van der Waals surface area contributed by atoms with E-state index in [4.69, 9.17) is 27.9 Å². The predicted molar refractivity (Wildman–Crippen MR) is 89.6 cm³/mol. The lowest BCUT2D eigenvalue weighted by molar-refractivity contribution is 0.407. The lowest BCUT2D eigenvalue weighted by Gasteiger charge is -2.11. The van der Waals surface area contributed by atoms with E-state index in [1.165, 1.54) is 11.1 Å². The fourth-order valence-corrected chi connectivity index (χ4v) is 2.72. The number of nitrogens with one attached hydrogen (secondary N) is 1. The first-order valence-corrected chi connectivity index (χ1v) is 7.64. The summed E-state index contributed by atoms with van der Waals surface area (Å²) in [5.74, 6) is 0.914. The summed E-state index contributed by atoms with van der Waals surface area (Å²) < 4.78 is 5.37. The van der Waals surface area contributed by atoms with Gasteiger partial charge in [-0.25, -0.2) is 0 Å². The van der Waals surface area contributed by atoms with Crippen molar-refractivity contribution in [2.75, 3.05) is 13.7 Å². The number of hydrogen-bond donors (Lipinski definition) is 1. The van der Waals surface area contributed by atoms with Gasteiger partial charge in [-0.3, -0.25) is 0 Å². The largest absolute Gasteiger partial charge is 0.496 e. The van der Waals surface area contributed by atoms with Gasteiger partial charge < -0.3 is 10.1 Å². The second kappa shape index (κ2) is 7.69. The lowest BCUT2D eigenvalue weighted by Crippen LogP contribution is -2.17. The van der Waals surface area contributed by atoms with Crippen LogP contribution in [0.25, 0.3) is 0 Å². The van der Waals surface area contributed by atoms with E-state index in [9.17, 15) is 0 Å². The Morgan fingerprint density at radius 1 is 1.05 bits per heavy atom. The van der Waals surface area contributed by atoms with Crippen LogP contribution < -0.4 is 10.1 Å². The molecule has 0 bridgehead atoms. The summed E-state index contributed by atoms with van der Waals surface area (Å²) in [6.07, 6.45) is 0.865. The van der Waals surface area contributed by atoms with Gasteiger partial charge in [0.1, 0.15) is 5.75 Å². The van der Waals surface area contributed by atoms with Crippen molar-refractivity contribution in [2.24, 2.45) is 0 Å². The lowest BCUT2D eigenvalue weighted by atomic mass is 10.1. The van der Waals surface area contributed by atoms with Crippen LogP contribution in [0.15, 0.2) is 36.4 Å². The molecule has 0 aliphatic heterocycles. The number of halogens is 2. The molecule has 0 saturated heterocycles. The molecule has 1 N–H and O–H groups in total. The summed E-state index contributed by atoms with van der Waals surface area (Å²) in [6.45, 7) is 3.70. The number of aryl methyl sites for hydroxylation is 1. The van der Waals surface area contributed by atoms with Crippen LogP contribution in [0.5, 0.6) is 5.75 Å². The van der Waals surface area contributed by atoms with E-state index in [0.29, 0.717) is 5.02 Å². The molecule has 2 aromatic rings. The first kappa shape index (κ1) is 16.2. The maximum absolute atomic E-state index is 6.16. The predicted octanol–water partition coefficient (Wildman–Crippen LogP) is 4.64. The molecule has 0 spiro atoms. The van der Waals surface area contributed by atoms with E-state index in [2.05, 4.69) is 24.4 Å². The SMILES string of the molecule is COc1ccc(C)cc1CNCCc1ccc(Cl)cc1Cl. The second-order valence-electron chi connectivity index (χ2n) is 4.98. The third kappa shape index (κ3) is 4.63. The minimum atomic E-state index is 0.668. The first-order chi connectivity index (χ1) is 10.1. The van der Waals surface area contributed by atoms with Crippen LogP contribution in [0.3, 0.4) is 0 Å². The second-order valence-corrected chi connectivity index (χ2v) is 5.82. The molecule has 0 aromatic heterocycles. The highest BCUT2D eigenvalue weighted by Gasteiger charge is 2.04. The van der Waals surface area contributed by atoms with Gasteiger partial charge in [0.2, 0.25) is 0 Å². The first-order valence-electron chi connectivity index (χ1n) is 6.88. The minimum Gasteiger partial charge on any atom is -0.496 e. The molecule has 0 fully saturated rings. The third-order valence-electron chi connectivity index (χ3n) is 3.34. The van der Waals surface area contributed by atoms with Crippen LogP contribution in [0, 0.1) is 6.92 Å². The molecule has 0 unspecified atom stereocenters.